The minimum absolute atomic E-state index is 0.162. The molecule has 0 saturated heterocycles. The first-order chi connectivity index (χ1) is 11.8. The number of amides is 2. The highest BCUT2D eigenvalue weighted by atomic mass is 16.5. The summed E-state index contributed by atoms with van der Waals surface area (Å²) >= 11 is 0. The Morgan fingerprint density at radius 2 is 1.52 bits per heavy atom. The zero-order valence-electron chi connectivity index (χ0n) is 15.0. The molecule has 5 nitrogen and oxygen atoms in total. The van der Waals surface area contributed by atoms with Crippen molar-refractivity contribution < 1.29 is 14.3 Å². The highest BCUT2D eigenvalue weighted by Crippen LogP contribution is 2.20. The van der Waals surface area contributed by atoms with E-state index in [1.807, 2.05) is 24.3 Å². The molecule has 2 aromatic rings. The van der Waals surface area contributed by atoms with Gasteiger partial charge in [0.25, 0.3) is 5.91 Å². The smallest absolute Gasteiger partial charge is 0.265 e. The highest BCUT2D eigenvalue weighted by molar-refractivity contribution is 5.95. The van der Waals surface area contributed by atoms with Crippen LogP contribution in [0.25, 0.3) is 0 Å². The minimum Gasteiger partial charge on any atom is -0.481 e. The first-order valence-corrected chi connectivity index (χ1v) is 8.30. The van der Waals surface area contributed by atoms with Gasteiger partial charge in [0.2, 0.25) is 5.91 Å². The summed E-state index contributed by atoms with van der Waals surface area (Å²) in [5.41, 5.74) is 2.45. The van der Waals surface area contributed by atoms with Crippen LogP contribution in [0.2, 0.25) is 0 Å². The fraction of sp³-hybridized carbons (Fsp3) is 0.300. The van der Waals surface area contributed by atoms with E-state index in [1.54, 1.807) is 31.2 Å². The number of anilines is 2. The van der Waals surface area contributed by atoms with E-state index in [2.05, 4.69) is 24.5 Å². The Kier molecular flexibility index (Phi) is 6.17. The van der Waals surface area contributed by atoms with E-state index in [-0.39, 0.29) is 11.8 Å². The van der Waals surface area contributed by atoms with Gasteiger partial charge in [-0.05, 0) is 48.7 Å². The normalized spacial score (nSPS) is 11.7. The molecule has 0 spiro atoms. The number of benzene rings is 2. The minimum atomic E-state index is -0.644. The van der Waals surface area contributed by atoms with Gasteiger partial charge in [-0.3, -0.25) is 9.59 Å². The van der Waals surface area contributed by atoms with Crippen LogP contribution in [0, 0.1) is 0 Å². The lowest BCUT2D eigenvalue weighted by molar-refractivity contribution is -0.122. The molecular formula is C20H24N2O3. The van der Waals surface area contributed by atoms with Crippen LogP contribution in [-0.2, 0) is 9.59 Å². The summed E-state index contributed by atoms with van der Waals surface area (Å²) in [6, 6.07) is 14.7. The Morgan fingerprint density at radius 3 is 2.08 bits per heavy atom. The van der Waals surface area contributed by atoms with Crippen molar-refractivity contribution in [1.29, 1.82) is 0 Å². The zero-order valence-corrected chi connectivity index (χ0v) is 15.0. The van der Waals surface area contributed by atoms with Crippen molar-refractivity contribution in [1.82, 2.24) is 0 Å². The van der Waals surface area contributed by atoms with Crippen LogP contribution < -0.4 is 15.4 Å². The van der Waals surface area contributed by atoms with Gasteiger partial charge in [-0.15, -0.1) is 0 Å². The summed E-state index contributed by atoms with van der Waals surface area (Å²) in [6.07, 6.45) is -0.644. The second kappa shape index (κ2) is 8.33. The van der Waals surface area contributed by atoms with Crippen LogP contribution in [0.3, 0.4) is 0 Å². The van der Waals surface area contributed by atoms with Crippen molar-refractivity contribution in [2.24, 2.45) is 0 Å². The van der Waals surface area contributed by atoms with Crippen LogP contribution in [-0.4, -0.2) is 17.9 Å². The number of hydrogen-bond acceptors (Lipinski definition) is 3. The third-order valence-electron chi connectivity index (χ3n) is 3.68. The van der Waals surface area contributed by atoms with E-state index < -0.39 is 6.10 Å². The highest BCUT2D eigenvalue weighted by Gasteiger charge is 2.15. The molecular weight excluding hydrogens is 316 g/mol. The molecule has 5 heteroatoms. The summed E-state index contributed by atoms with van der Waals surface area (Å²) in [7, 11) is 0. The molecule has 0 aromatic heterocycles. The zero-order chi connectivity index (χ0) is 18.4. The molecule has 0 radical (unpaired) electrons. The third kappa shape index (κ3) is 5.64. The van der Waals surface area contributed by atoms with Gasteiger partial charge in [0.15, 0.2) is 6.10 Å². The van der Waals surface area contributed by atoms with Crippen LogP contribution in [0.5, 0.6) is 5.75 Å². The lowest BCUT2D eigenvalue weighted by Crippen LogP contribution is -2.30. The molecule has 0 fully saturated rings. The van der Waals surface area contributed by atoms with Crippen molar-refractivity contribution in [3.8, 4) is 5.75 Å². The molecule has 1 unspecified atom stereocenters. The second-order valence-corrected chi connectivity index (χ2v) is 6.24. The van der Waals surface area contributed by atoms with Gasteiger partial charge >= 0.3 is 0 Å². The van der Waals surface area contributed by atoms with Gasteiger partial charge in [0.05, 0.1) is 0 Å². The molecule has 2 amide bonds. The molecule has 25 heavy (non-hydrogen) atoms. The molecule has 132 valence electrons. The van der Waals surface area contributed by atoms with Crippen LogP contribution >= 0.6 is 0 Å². The first kappa shape index (κ1) is 18.5. The molecule has 2 rings (SSSR count). The number of nitrogens with one attached hydrogen (secondary N) is 2. The Bertz CT molecular complexity index is 739. The lowest BCUT2D eigenvalue weighted by Gasteiger charge is -2.16. The number of carbonyl (C=O) groups excluding carboxylic acids is 2. The predicted molar refractivity (Wildman–Crippen MR) is 100.0 cm³/mol. The molecule has 0 bridgehead atoms. The average molecular weight is 340 g/mol. The molecule has 2 N–H and O–H groups in total. The van der Waals surface area contributed by atoms with Gasteiger partial charge < -0.3 is 15.4 Å². The fourth-order valence-corrected chi connectivity index (χ4v) is 2.31. The van der Waals surface area contributed by atoms with Gasteiger partial charge in [-0.1, -0.05) is 32.0 Å². The molecule has 0 saturated carbocycles. The van der Waals surface area contributed by atoms with Gasteiger partial charge in [0.1, 0.15) is 5.75 Å². The number of carbonyl (C=O) groups is 2. The third-order valence-corrected chi connectivity index (χ3v) is 3.68. The second-order valence-electron chi connectivity index (χ2n) is 6.24. The number of ether oxygens (including phenoxy) is 1. The Balaban J connectivity index is 1.97. The summed E-state index contributed by atoms with van der Waals surface area (Å²) in [5.74, 6) is 0.683. The van der Waals surface area contributed by atoms with Gasteiger partial charge in [0, 0.05) is 18.3 Å². The molecule has 0 heterocycles. The van der Waals surface area contributed by atoms with Crippen LogP contribution in [0.15, 0.2) is 48.5 Å². The molecule has 2 aromatic carbocycles. The maximum Gasteiger partial charge on any atom is 0.265 e. The van der Waals surface area contributed by atoms with E-state index in [0.717, 1.165) is 0 Å². The molecule has 0 aliphatic heterocycles. The summed E-state index contributed by atoms with van der Waals surface area (Å²) in [5, 5.41) is 5.47. The Hall–Kier alpha value is -2.82. The number of rotatable bonds is 6. The predicted octanol–water partition coefficient (Wildman–Crippen LogP) is 4.17. The van der Waals surface area contributed by atoms with E-state index in [9.17, 15) is 9.59 Å². The van der Waals surface area contributed by atoms with Crippen LogP contribution in [0.1, 0.15) is 39.2 Å². The Morgan fingerprint density at radius 1 is 0.920 bits per heavy atom. The van der Waals surface area contributed by atoms with Gasteiger partial charge in [-0.25, -0.2) is 0 Å². The maximum absolute atomic E-state index is 12.3. The standard InChI is InChI=1S/C20H24N2O3/c1-13(2)16-8-10-19(11-9-16)25-14(3)20(24)22-18-7-5-6-17(12-18)21-15(4)23/h5-14H,1-4H3,(H,21,23)(H,22,24). The van der Waals surface area contributed by atoms with E-state index in [0.29, 0.717) is 23.0 Å². The summed E-state index contributed by atoms with van der Waals surface area (Å²) < 4.78 is 5.70. The van der Waals surface area contributed by atoms with E-state index in [4.69, 9.17) is 4.74 Å². The van der Waals surface area contributed by atoms with E-state index in [1.165, 1.54) is 12.5 Å². The molecule has 1 atom stereocenters. The van der Waals surface area contributed by atoms with E-state index >= 15 is 0 Å². The van der Waals surface area contributed by atoms with Crippen molar-refractivity contribution in [3.63, 3.8) is 0 Å². The molecule has 0 aliphatic carbocycles. The topological polar surface area (TPSA) is 67.4 Å². The monoisotopic (exact) mass is 340 g/mol. The molecule has 0 aliphatic rings. The lowest BCUT2D eigenvalue weighted by atomic mass is 10.0. The summed E-state index contributed by atoms with van der Waals surface area (Å²) in [4.78, 5) is 23.4. The van der Waals surface area contributed by atoms with Crippen LogP contribution in [0.4, 0.5) is 11.4 Å². The number of hydrogen-bond donors (Lipinski definition) is 2. The fourth-order valence-electron chi connectivity index (χ4n) is 2.31. The van der Waals surface area contributed by atoms with Crippen molar-refractivity contribution in [2.45, 2.75) is 39.7 Å². The van der Waals surface area contributed by atoms with Crippen molar-refractivity contribution in [3.05, 3.63) is 54.1 Å². The quantitative estimate of drug-likeness (QED) is 0.829. The summed E-state index contributed by atoms with van der Waals surface area (Å²) in [6.45, 7) is 7.39. The average Bonchev–Trinajstić information content (AvgIpc) is 2.55. The SMILES string of the molecule is CC(=O)Nc1cccc(NC(=O)C(C)Oc2ccc(C(C)C)cc2)c1. The first-order valence-electron chi connectivity index (χ1n) is 8.30. The largest absolute Gasteiger partial charge is 0.481 e. The Labute approximate surface area is 148 Å². The van der Waals surface area contributed by atoms with Crippen molar-refractivity contribution >= 4 is 23.2 Å². The maximum atomic E-state index is 12.3. The van der Waals surface area contributed by atoms with Crippen molar-refractivity contribution in [2.75, 3.05) is 10.6 Å². The van der Waals surface area contributed by atoms with Gasteiger partial charge in [-0.2, -0.15) is 0 Å².